The van der Waals surface area contributed by atoms with Crippen LogP contribution in [0.15, 0.2) is 10.4 Å². The van der Waals surface area contributed by atoms with Crippen LogP contribution in [-0.2, 0) is 16.6 Å². The van der Waals surface area contributed by atoms with E-state index in [0.29, 0.717) is 5.92 Å². The summed E-state index contributed by atoms with van der Waals surface area (Å²) < 4.78 is 5.58. The van der Waals surface area contributed by atoms with Gasteiger partial charge in [-0.3, -0.25) is 4.99 Å². The first kappa shape index (κ1) is 20.2. The molecule has 1 aromatic rings. The molecule has 0 bridgehead atoms. The number of nitrogens with one attached hydrogen (secondary N) is 1. The summed E-state index contributed by atoms with van der Waals surface area (Å²) >= 11 is 1.75. The number of hydrogen-bond acceptors (Lipinski definition) is 4. The zero-order chi connectivity index (χ0) is 18.3. The number of guanidine groups is 1. The first-order valence-electron chi connectivity index (χ1n) is 9.50. The minimum Gasteiger partial charge on any atom is -0.381 e. The smallest absolute Gasteiger partial charge is 0.193 e. The Kier molecular flexibility index (Phi) is 7.69. The molecule has 6 heteroatoms. The quantitative estimate of drug-likeness (QED) is 0.594. The van der Waals surface area contributed by atoms with Gasteiger partial charge in [0, 0.05) is 55.9 Å². The van der Waals surface area contributed by atoms with Gasteiger partial charge in [-0.25, -0.2) is 4.98 Å². The van der Waals surface area contributed by atoms with Gasteiger partial charge in [-0.15, -0.1) is 11.3 Å². The predicted octanol–water partition coefficient (Wildman–Crippen LogP) is 3.31. The Morgan fingerprint density at radius 1 is 1.44 bits per heavy atom. The molecule has 1 fully saturated rings. The van der Waals surface area contributed by atoms with Crippen LogP contribution in [-0.4, -0.2) is 55.2 Å². The summed E-state index contributed by atoms with van der Waals surface area (Å²) in [5, 5.41) is 6.80. The van der Waals surface area contributed by atoms with Crippen LogP contribution in [0, 0.1) is 5.92 Å². The topological polar surface area (TPSA) is 49.8 Å². The summed E-state index contributed by atoms with van der Waals surface area (Å²) in [4.78, 5) is 12.0. The lowest BCUT2D eigenvalue weighted by Crippen LogP contribution is -2.40. The highest BCUT2D eigenvalue weighted by atomic mass is 32.1. The van der Waals surface area contributed by atoms with Crippen molar-refractivity contribution in [1.29, 1.82) is 0 Å². The van der Waals surface area contributed by atoms with Gasteiger partial charge in [-0.1, -0.05) is 20.8 Å². The predicted molar refractivity (Wildman–Crippen MR) is 107 cm³/mol. The average molecular weight is 367 g/mol. The van der Waals surface area contributed by atoms with E-state index in [4.69, 9.17) is 14.7 Å². The van der Waals surface area contributed by atoms with Gasteiger partial charge >= 0.3 is 0 Å². The first-order chi connectivity index (χ1) is 11.9. The second kappa shape index (κ2) is 9.53. The van der Waals surface area contributed by atoms with Crippen molar-refractivity contribution < 1.29 is 4.74 Å². The van der Waals surface area contributed by atoms with E-state index in [-0.39, 0.29) is 5.41 Å². The number of aliphatic imine (C=N–C) groups is 1. The first-order valence-corrected chi connectivity index (χ1v) is 10.4. The summed E-state index contributed by atoms with van der Waals surface area (Å²) in [5.74, 6) is 1.66. The highest BCUT2D eigenvalue weighted by Crippen LogP contribution is 2.24. The zero-order valence-electron chi connectivity index (χ0n) is 16.5. The van der Waals surface area contributed by atoms with Crippen molar-refractivity contribution in [1.82, 2.24) is 15.2 Å². The molecule has 1 N–H and O–H groups in total. The van der Waals surface area contributed by atoms with Crippen molar-refractivity contribution in [3.63, 3.8) is 0 Å². The third-order valence-corrected chi connectivity index (χ3v) is 5.29. The van der Waals surface area contributed by atoms with Crippen molar-refractivity contribution in [2.45, 2.75) is 52.9 Å². The highest BCUT2D eigenvalue weighted by molar-refractivity contribution is 7.09. The van der Waals surface area contributed by atoms with Crippen LogP contribution in [0.2, 0.25) is 0 Å². The van der Waals surface area contributed by atoms with Crippen LogP contribution in [0.25, 0.3) is 0 Å². The Bertz CT molecular complexity index is 550. The molecule has 0 aliphatic carbocycles. The number of ether oxygens (including phenoxy) is 1. The number of rotatable bonds is 7. The lowest BCUT2D eigenvalue weighted by Gasteiger charge is -2.21. The number of aromatic nitrogens is 1. The molecule has 142 valence electrons. The van der Waals surface area contributed by atoms with Gasteiger partial charge in [0.15, 0.2) is 5.96 Å². The molecule has 0 aromatic carbocycles. The fourth-order valence-electron chi connectivity index (χ4n) is 2.90. The minimum atomic E-state index is 0.123. The van der Waals surface area contributed by atoms with Gasteiger partial charge in [0.1, 0.15) is 0 Å². The minimum absolute atomic E-state index is 0.123. The molecule has 1 unspecified atom stereocenters. The normalized spacial score (nSPS) is 18.8. The SMILES string of the molecule is CCNC(=NCCc1nc(C(C)(C)C)cs1)N1CCC(COCC)C1. The van der Waals surface area contributed by atoms with E-state index in [1.807, 2.05) is 0 Å². The summed E-state index contributed by atoms with van der Waals surface area (Å²) in [6.45, 7) is 16.3. The Hall–Kier alpha value is -1.14. The molecule has 0 spiro atoms. The third-order valence-electron chi connectivity index (χ3n) is 4.39. The van der Waals surface area contributed by atoms with E-state index in [0.717, 1.165) is 51.8 Å². The zero-order valence-corrected chi connectivity index (χ0v) is 17.3. The summed E-state index contributed by atoms with van der Waals surface area (Å²) in [7, 11) is 0. The van der Waals surface area contributed by atoms with Gasteiger partial charge in [-0.2, -0.15) is 0 Å². The van der Waals surface area contributed by atoms with Crippen LogP contribution >= 0.6 is 11.3 Å². The number of thiazole rings is 1. The number of likely N-dealkylation sites (tertiary alicyclic amines) is 1. The van der Waals surface area contributed by atoms with E-state index >= 15 is 0 Å². The molecular weight excluding hydrogens is 332 g/mol. The van der Waals surface area contributed by atoms with Gasteiger partial charge in [0.2, 0.25) is 0 Å². The van der Waals surface area contributed by atoms with Crippen LogP contribution in [0.3, 0.4) is 0 Å². The van der Waals surface area contributed by atoms with Crippen LogP contribution in [0.5, 0.6) is 0 Å². The summed E-state index contributed by atoms with van der Waals surface area (Å²) in [6, 6.07) is 0. The van der Waals surface area contributed by atoms with Gasteiger partial charge in [-0.05, 0) is 20.3 Å². The summed E-state index contributed by atoms with van der Waals surface area (Å²) in [6.07, 6.45) is 2.09. The lowest BCUT2D eigenvalue weighted by molar-refractivity contribution is 0.114. The van der Waals surface area contributed by atoms with Gasteiger partial charge in [0.25, 0.3) is 0 Å². The van der Waals surface area contributed by atoms with E-state index in [9.17, 15) is 0 Å². The van der Waals surface area contributed by atoms with E-state index < -0.39 is 0 Å². The van der Waals surface area contributed by atoms with Crippen molar-refractivity contribution >= 4 is 17.3 Å². The maximum atomic E-state index is 5.58. The second-order valence-electron chi connectivity index (χ2n) is 7.62. The van der Waals surface area contributed by atoms with Crippen molar-refractivity contribution in [2.24, 2.45) is 10.9 Å². The number of nitrogens with zero attached hydrogens (tertiary/aromatic N) is 3. The maximum Gasteiger partial charge on any atom is 0.193 e. The standard InChI is InChI=1S/C19H34N4OS/c1-6-20-18(23-11-9-15(12-23)13-24-7-2)21-10-8-17-22-16(14-25-17)19(3,4)5/h14-15H,6-13H2,1-5H3,(H,20,21). The van der Waals surface area contributed by atoms with Crippen molar-refractivity contribution in [3.05, 3.63) is 16.1 Å². The van der Waals surface area contributed by atoms with Crippen LogP contribution in [0.4, 0.5) is 0 Å². The van der Waals surface area contributed by atoms with Crippen LogP contribution < -0.4 is 5.32 Å². The van der Waals surface area contributed by atoms with E-state index in [1.165, 1.54) is 17.1 Å². The fraction of sp³-hybridized carbons (Fsp3) is 0.789. The Balaban J connectivity index is 1.88. The number of hydrogen-bond donors (Lipinski definition) is 1. The molecule has 1 saturated heterocycles. The Morgan fingerprint density at radius 2 is 2.24 bits per heavy atom. The molecule has 1 aromatic heterocycles. The lowest BCUT2D eigenvalue weighted by atomic mass is 9.93. The Morgan fingerprint density at radius 3 is 2.88 bits per heavy atom. The molecule has 1 aliphatic heterocycles. The highest BCUT2D eigenvalue weighted by Gasteiger charge is 2.24. The molecular formula is C19H34N4OS. The monoisotopic (exact) mass is 366 g/mol. The summed E-state index contributed by atoms with van der Waals surface area (Å²) in [5.41, 5.74) is 1.31. The molecule has 25 heavy (non-hydrogen) atoms. The molecule has 2 rings (SSSR count). The van der Waals surface area contributed by atoms with Gasteiger partial charge in [0.05, 0.1) is 17.3 Å². The van der Waals surface area contributed by atoms with Crippen molar-refractivity contribution in [2.75, 3.05) is 39.4 Å². The van der Waals surface area contributed by atoms with E-state index in [2.05, 4.69) is 50.2 Å². The van der Waals surface area contributed by atoms with Crippen molar-refractivity contribution in [3.8, 4) is 0 Å². The third kappa shape index (κ3) is 6.26. The molecule has 0 amide bonds. The average Bonchev–Trinajstić information content (AvgIpc) is 3.21. The van der Waals surface area contributed by atoms with E-state index in [1.54, 1.807) is 11.3 Å². The second-order valence-corrected chi connectivity index (χ2v) is 8.56. The largest absolute Gasteiger partial charge is 0.381 e. The Labute approximate surface area is 156 Å². The molecule has 0 radical (unpaired) electrons. The molecule has 5 nitrogen and oxygen atoms in total. The molecule has 2 heterocycles. The van der Waals surface area contributed by atoms with Gasteiger partial charge < -0.3 is 15.0 Å². The molecule has 1 aliphatic rings. The molecule has 1 atom stereocenters. The van der Waals surface area contributed by atoms with Crippen LogP contribution in [0.1, 0.15) is 51.7 Å². The maximum absolute atomic E-state index is 5.58. The molecule has 0 saturated carbocycles. The fourth-order valence-corrected chi connectivity index (χ4v) is 3.91.